The molecule has 0 aromatic heterocycles. The summed E-state index contributed by atoms with van der Waals surface area (Å²) in [6.07, 6.45) is 6.25. The molecule has 6 heteroatoms. The predicted octanol–water partition coefficient (Wildman–Crippen LogP) is 4.02. The van der Waals surface area contributed by atoms with Crippen molar-refractivity contribution < 1.29 is 4.79 Å². The zero-order valence-corrected chi connectivity index (χ0v) is 19.8. The molecule has 1 fully saturated rings. The van der Waals surface area contributed by atoms with Crippen LogP contribution >= 0.6 is 24.0 Å². The number of carbonyl (C=O) groups is 1. The third kappa shape index (κ3) is 8.44. The van der Waals surface area contributed by atoms with Crippen LogP contribution in [0.4, 0.5) is 0 Å². The van der Waals surface area contributed by atoms with Gasteiger partial charge >= 0.3 is 0 Å². The number of halogens is 1. The van der Waals surface area contributed by atoms with E-state index < -0.39 is 0 Å². The van der Waals surface area contributed by atoms with Crippen molar-refractivity contribution in [1.82, 2.24) is 15.5 Å². The average Bonchev–Trinajstić information content (AvgIpc) is 2.64. The summed E-state index contributed by atoms with van der Waals surface area (Å²) in [7, 11) is 0. The van der Waals surface area contributed by atoms with Crippen LogP contribution in [0.1, 0.15) is 73.1 Å². The number of amides is 1. The maximum absolute atomic E-state index is 12.5. The van der Waals surface area contributed by atoms with E-state index in [0.717, 1.165) is 57.8 Å². The summed E-state index contributed by atoms with van der Waals surface area (Å²) >= 11 is 0. The largest absolute Gasteiger partial charge is 0.357 e. The first kappa shape index (κ1) is 25.5. The zero-order valence-electron chi connectivity index (χ0n) is 17.5. The monoisotopic (exact) mass is 480 g/mol. The van der Waals surface area contributed by atoms with E-state index in [0.29, 0.717) is 17.9 Å². The minimum atomic E-state index is 0. The molecule has 5 nitrogen and oxygen atoms in total. The maximum atomic E-state index is 12.5. The topological polar surface area (TPSA) is 56.7 Å². The van der Waals surface area contributed by atoms with E-state index in [9.17, 15) is 4.79 Å². The molecule has 26 heavy (non-hydrogen) atoms. The summed E-state index contributed by atoms with van der Waals surface area (Å²) in [5, 5.41) is 6.94. The van der Waals surface area contributed by atoms with Gasteiger partial charge in [0.25, 0.3) is 0 Å². The lowest BCUT2D eigenvalue weighted by molar-refractivity contribution is -0.136. The Balaban J connectivity index is 0.00000625. The van der Waals surface area contributed by atoms with E-state index in [1.807, 2.05) is 0 Å². The highest BCUT2D eigenvalue weighted by Crippen LogP contribution is 2.17. The highest BCUT2D eigenvalue weighted by Gasteiger charge is 2.26. The lowest BCUT2D eigenvalue weighted by Gasteiger charge is -2.35. The second-order valence-corrected chi connectivity index (χ2v) is 7.16. The molecule has 0 aliphatic carbocycles. The van der Waals surface area contributed by atoms with E-state index in [1.165, 1.54) is 12.8 Å². The Morgan fingerprint density at radius 2 is 1.62 bits per heavy atom. The lowest BCUT2D eigenvalue weighted by Crippen LogP contribution is -2.50. The van der Waals surface area contributed by atoms with Gasteiger partial charge in [-0.05, 0) is 38.5 Å². The molecule has 0 unspecified atom stereocenters. The van der Waals surface area contributed by atoms with E-state index >= 15 is 0 Å². The Kier molecular flexibility index (Phi) is 14.2. The molecule has 1 aliphatic heterocycles. The molecule has 0 bridgehead atoms. The molecule has 2 N–H and O–H groups in total. The maximum Gasteiger partial charge on any atom is 0.225 e. The van der Waals surface area contributed by atoms with Crippen LogP contribution in [0.3, 0.4) is 0 Å². The van der Waals surface area contributed by atoms with Gasteiger partial charge in [0, 0.05) is 38.1 Å². The first-order valence-electron chi connectivity index (χ1n) is 10.4. The van der Waals surface area contributed by atoms with Gasteiger partial charge in [0.1, 0.15) is 0 Å². The molecule has 154 valence electrons. The molecule has 1 rings (SSSR count). The molecule has 0 saturated carbocycles. The van der Waals surface area contributed by atoms with Crippen molar-refractivity contribution in [2.45, 2.75) is 79.2 Å². The van der Waals surface area contributed by atoms with Crippen molar-refractivity contribution >= 4 is 35.8 Å². The van der Waals surface area contributed by atoms with Crippen LogP contribution in [0.5, 0.6) is 0 Å². The van der Waals surface area contributed by atoms with Crippen molar-refractivity contribution in [2.75, 3.05) is 26.2 Å². The fourth-order valence-corrected chi connectivity index (χ4v) is 3.42. The summed E-state index contributed by atoms with van der Waals surface area (Å²) in [6, 6.07) is 0.408. The van der Waals surface area contributed by atoms with Crippen molar-refractivity contribution in [2.24, 2.45) is 16.8 Å². The number of hydrogen-bond donors (Lipinski definition) is 2. The van der Waals surface area contributed by atoms with Gasteiger partial charge in [0.2, 0.25) is 5.91 Å². The molecule has 1 aliphatic rings. The third-order valence-electron chi connectivity index (χ3n) is 5.49. The number of likely N-dealkylation sites (tertiary alicyclic amines) is 1. The summed E-state index contributed by atoms with van der Waals surface area (Å²) in [6.45, 7) is 14.3. The van der Waals surface area contributed by atoms with Crippen LogP contribution in [0.15, 0.2) is 4.99 Å². The molecular weight excluding hydrogens is 439 g/mol. The molecule has 1 saturated heterocycles. The molecule has 0 radical (unpaired) electrons. The SMILES string of the molecule is CCNC(=NCC(CC)CC)NC1CCN(C(=O)C(CC)CC)CC1.I. The van der Waals surface area contributed by atoms with Crippen molar-refractivity contribution in [1.29, 1.82) is 0 Å². The number of piperidine rings is 1. The van der Waals surface area contributed by atoms with Crippen molar-refractivity contribution in [3.63, 3.8) is 0 Å². The van der Waals surface area contributed by atoms with Crippen LogP contribution < -0.4 is 10.6 Å². The van der Waals surface area contributed by atoms with Crippen molar-refractivity contribution in [3.8, 4) is 0 Å². The summed E-state index contributed by atoms with van der Waals surface area (Å²) in [5.41, 5.74) is 0. The highest BCUT2D eigenvalue weighted by molar-refractivity contribution is 14.0. The van der Waals surface area contributed by atoms with Gasteiger partial charge in [-0.1, -0.05) is 40.5 Å². The second kappa shape index (κ2) is 14.5. The number of aliphatic imine (C=N–C) groups is 1. The normalized spacial score (nSPS) is 16.0. The molecule has 0 aromatic carbocycles. The summed E-state index contributed by atoms with van der Waals surface area (Å²) in [5.74, 6) is 2.13. The summed E-state index contributed by atoms with van der Waals surface area (Å²) in [4.78, 5) is 19.3. The fourth-order valence-electron chi connectivity index (χ4n) is 3.42. The number of nitrogens with one attached hydrogen (secondary N) is 2. The Bertz CT molecular complexity index is 401. The number of rotatable bonds is 9. The Hall–Kier alpha value is -0.530. The predicted molar refractivity (Wildman–Crippen MR) is 122 cm³/mol. The molecule has 0 spiro atoms. The van der Waals surface area contributed by atoms with E-state index in [2.05, 4.69) is 50.2 Å². The van der Waals surface area contributed by atoms with Gasteiger partial charge < -0.3 is 15.5 Å². The summed E-state index contributed by atoms with van der Waals surface area (Å²) < 4.78 is 0. The average molecular weight is 480 g/mol. The first-order chi connectivity index (χ1) is 12.1. The minimum absolute atomic E-state index is 0. The first-order valence-corrected chi connectivity index (χ1v) is 10.4. The quantitative estimate of drug-likeness (QED) is 0.298. The zero-order chi connectivity index (χ0) is 18.7. The van der Waals surface area contributed by atoms with Gasteiger partial charge in [-0.15, -0.1) is 24.0 Å². The standard InChI is InChI=1S/C20H40N4O.HI/c1-6-16(7-2)15-22-20(21-10-5)23-18-11-13-24(14-12-18)19(25)17(8-3)9-4;/h16-18H,6-15H2,1-5H3,(H2,21,22,23);1H. The second-order valence-electron chi connectivity index (χ2n) is 7.16. The molecule has 1 heterocycles. The van der Waals surface area contributed by atoms with Crippen LogP contribution in [0.2, 0.25) is 0 Å². The van der Waals surface area contributed by atoms with Gasteiger partial charge in [-0.2, -0.15) is 0 Å². The highest BCUT2D eigenvalue weighted by atomic mass is 127. The smallest absolute Gasteiger partial charge is 0.225 e. The number of guanidine groups is 1. The Labute approximate surface area is 178 Å². The van der Waals surface area contributed by atoms with Gasteiger partial charge in [0.05, 0.1) is 0 Å². The Morgan fingerprint density at radius 1 is 1.04 bits per heavy atom. The van der Waals surface area contributed by atoms with Crippen LogP contribution in [-0.4, -0.2) is 49.0 Å². The molecule has 0 atom stereocenters. The van der Waals surface area contributed by atoms with Crippen molar-refractivity contribution in [3.05, 3.63) is 0 Å². The van der Waals surface area contributed by atoms with E-state index in [4.69, 9.17) is 4.99 Å². The number of carbonyl (C=O) groups excluding carboxylic acids is 1. The molecular formula is C20H41IN4O. The Morgan fingerprint density at radius 3 is 2.08 bits per heavy atom. The van der Waals surface area contributed by atoms with Gasteiger partial charge in [0.15, 0.2) is 5.96 Å². The third-order valence-corrected chi connectivity index (χ3v) is 5.49. The van der Waals surface area contributed by atoms with Crippen LogP contribution in [-0.2, 0) is 4.79 Å². The van der Waals surface area contributed by atoms with E-state index in [-0.39, 0.29) is 29.9 Å². The number of nitrogens with zero attached hydrogens (tertiary/aromatic N) is 2. The van der Waals surface area contributed by atoms with Crippen LogP contribution in [0.25, 0.3) is 0 Å². The molecule has 1 amide bonds. The van der Waals surface area contributed by atoms with Gasteiger partial charge in [-0.3, -0.25) is 9.79 Å². The molecule has 0 aromatic rings. The lowest BCUT2D eigenvalue weighted by atomic mass is 9.98. The number of hydrogen-bond acceptors (Lipinski definition) is 2. The van der Waals surface area contributed by atoms with E-state index in [1.54, 1.807) is 0 Å². The fraction of sp³-hybridized carbons (Fsp3) is 0.900. The van der Waals surface area contributed by atoms with Gasteiger partial charge in [-0.25, -0.2) is 0 Å². The minimum Gasteiger partial charge on any atom is -0.357 e. The van der Waals surface area contributed by atoms with Crippen LogP contribution in [0, 0.1) is 11.8 Å².